The van der Waals surface area contributed by atoms with Gasteiger partial charge in [-0.25, -0.2) is 0 Å². The molecule has 0 bridgehead atoms. The summed E-state index contributed by atoms with van der Waals surface area (Å²) >= 11 is 0. The molecule has 0 radical (unpaired) electrons. The molecule has 1 aromatic heterocycles. The normalized spacial score (nSPS) is 22.6. The molecule has 1 aliphatic carbocycles. The molecular formula is C14H23N3O. The first-order valence-electron chi connectivity index (χ1n) is 6.33. The van der Waals surface area contributed by atoms with Crippen LogP contribution in [0.5, 0.6) is 5.75 Å². The summed E-state index contributed by atoms with van der Waals surface area (Å²) in [6.45, 7) is 9.10. The summed E-state index contributed by atoms with van der Waals surface area (Å²) in [6.07, 6.45) is 1.78. The Morgan fingerprint density at radius 2 is 1.94 bits per heavy atom. The van der Waals surface area contributed by atoms with Crippen molar-refractivity contribution in [3.05, 3.63) is 24.0 Å². The predicted octanol–water partition coefficient (Wildman–Crippen LogP) is 2.28. The lowest BCUT2D eigenvalue weighted by atomic mass is 10.0. The van der Waals surface area contributed by atoms with Gasteiger partial charge in [0.05, 0.1) is 13.2 Å². The van der Waals surface area contributed by atoms with Crippen molar-refractivity contribution < 1.29 is 4.74 Å². The topological polar surface area (TPSA) is 60.2 Å². The summed E-state index contributed by atoms with van der Waals surface area (Å²) in [7, 11) is 1.66. The summed E-state index contributed by atoms with van der Waals surface area (Å²) < 4.78 is 5.38. The molecule has 1 aromatic rings. The predicted molar refractivity (Wildman–Crippen MR) is 71.9 cm³/mol. The van der Waals surface area contributed by atoms with Gasteiger partial charge in [0.25, 0.3) is 0 Å². The largest absolute Gasteiger partial charge is 0.495 e. The van der Waals surface area contributed by atoms with E-state index in [1.807, 2.05) is 12.1 Å². The fourth-order valence-electron chi connectivity index (χ4n) is 3.22. The van der Waals surface area contributed by atoms with Gasteiger partial charge >= 0.3 is 0 Å². The molecule has 1 unspecified atom stereocenters. The van der Waals surface area contributed by atoms with Gasteiger partial charge in [0.2, 0.25) is 0 Å². The molecule has 0 spiro atoms. The lowest BCUT2D eigenvalue weighted by Crippen LogP contribution is -2.32. The van der Waals surface area contributed by atoms with E-state index in [2.05, 4.69) is 38.1 Å². The van der Waals surface area contributed by atoms with Crippen LogP contribution in [0.15, 0.2) is 18.3 Å². The van der Waals surface area contributed by atoms with E-state index in [4.69, 9.17) is 10.6 Å². The van der Waals surface area contributed by atoms with Crippen LogP contribution in [0.25, 0.3) is 0 Å². The second-order valence-corrected chi connectivity index (χ2v) is 6.16. The Morgan fingerprint density at radius 3 is 2.39 bits per heavy atom. The molecule has 0 aromatic carbocycles. The SMILES string of the molecule is COc1cccnc1C(NN)C1C(C)(C)C1(C)C. The van der Waals surface area contributed by atoms with E-state index in [1.54, 1.807) is 13.3 Å². The number of hydrogen-bond acceptors (Lipinski definition) is 4. The summed E-state index contributed by atoms with van der Waals surface area (Å²) in [4.78, 5) is 4.45. The molecule has 2 rings (SSSR count). The maximum Gasteiger partial charge on any atom is 0.142 e. The third-order valence-corrected chi connectivity index (χ3v) is 4.96. The van der Waals surface area contributed by atoms with Crippen LogP contribution in [0.3, 0.4) is 0 Å². The minimum absolute atomic E-state index is 0.0196. The van der Waals surface area contributed by atoms with E-state index < -0.39 is 0 Å². The molecule has 18 heavy (non-hydrogen) atoms. The zero-order chi connectivity index (χ0) is 13.6. The molecule has 1 saturated carbocycles. The summed E-state index contributed by atoms with van der Waals surface area (Å²) in [5.41, 5.74) is 4.30. The van der Waals surface area contributed by atoms with Crippen molar-refractivity contribution >= 4 is 0 Å². The molecule has 1 fully saturated rings. The number of hydrazine groups is 1. The highest BCUT2D eigenvalue weighted by Gasteiger charge is 2.67. The third-order valence-electron chi connectivity index (χ3n) is 4.96. The van der Waals surface area contributed by atoms with E-state index in [0.717, 1.165) is 11.4 Å². The van der Waals surface area contributed by atoms with Gasteiger partial charge in [0.15, 0.2) is 0 Å². The Labute approximate surface area is 109 Å². The Kier molecular flexibility index (Phi) is 3.11. The fraction of sp³-hybridized carbons (Fsp3) is 0.643. The van der Waals surface area contributed by atoms with Crippen molar-refractivity contribution in [1.29, 1.82) is 0 Å². The van der Waals surface area contributed by atoms with Gasteiger partial charge in [-0.3, -0.25) is 16.3 Å². The molecule has 1 aliphatic rings. The van der Waals surface area contributed by atoms with E-state index in [1.165, 1.54) is 0 Å². The second kappa shape index (κ2) is 4.21. The molecule has 1 atom stereocenters. The highest BCUT2D eigenvalue weighted by molar-refractivity contribution is 5.33. The Morgan fingerprint density at radius 1 is 1.33 bits per heavy atom. The van der Waals surface area contributed by atoms with Crippen molar-refractivity contribution in [3.63, 3.8) is 0 Å². The van der Waals surface area contributed by atoms with Crippen molar-refractivity contribution in [2.24, 2.45) is 22.6 Å². The minimum atomic E-state index is 0.0196. The Balaban J connectivity index is 2.37. The quantitative estimate of drug-likeness (QED) is 0.635. The minimum Gasteiger partial charge on any atom is -0.495 e. The molecule has 1 heterocycles. The summed E-state index contributed by atoms with van der Waals surface area (Å²) in [6, 6.07) is 3.82. The number of rotatable bonds is 4. The van der Waals surface area contributed by atoms with E-state index in [0.29, 0.717) is 5.92 Å². The van der Waals surface area contributed by atoms with Crippen molar-refractivity contribution in [3.8, 4) is 5.75 Å². The highest BCUT2D eigenvalue weighted by Crippen LogP contribution is 2.72. The number of nitrogens with two attached hydrogens (primary N) is 1. The monoisotopic (exact) mass is 249 g/mol. The molecule has 4 heteroatoms. The van der Waals surface area contributed by atoms with Crippen molar-refractivity contribution in [2.45, 2.75) is 33.7 Å². The molecule has 100 valence electrons. The van der Waals surface area contributed by atoms with Gasteiger partial charge in [0, 0.05) is 6.20 Å². The highest BCUT2D eigenvalue weighted by atomic mass is 16.5. The zero-order valence-corrected chi connectivity index (χ0v) is 11.8. The van der Waals surface area contributed by atoms with Crippen molar-refractivity contribution in [2.75, 3.05) is 7.11 Å². The van der Waals surface area contributed by atoms with Gasteiger partial charge < -0.3 is 4.74 Å². The standard InChI is InChI=1S/C14H23N3O/c1-13(2)12(14(13,3)4)11(17-15)10-9(18-5)7-6-8-16-10/h6-8,11-12,17H,15H2,1-5H3. The average molecular weight is 249 g/mol. The first-order valence-corrected chi connectivity index (χ1v) is 6.33. The smallest absolute Gasteiger partial charge is 0.142 e. The van der Waals surface area contributed by atoms with Crippen LogP contribution < -0.4 is 16.0 Å². The molecule has 0 aliphatic heterocycles. The van der Waals surface area contributed by atoms with Crippen LogP contribution in [0, 0.1) is 16.7 Å². The lowest BCUT2D eigenvalue weighted by molar-refractivity contribution is 0.365. The molecule has 4 nitrogen and oxygen atoms in total. The molecule has 3 N–H and O–H groups in total. The lowest BCUT2D eigenvalue weighted by Gasteiger charge is -2.19. The summed E-state index contributed by atoms with van der Waals surface area (Å²) in [5.74, 6) is 7.00. The first kappa shape index (κ1) is 13.3. The van der Waals surface area contributed by atoms with E-state index in [-0.39, 0.29) is 16.9 Å². The zero-order valence-electron chi connectivity index (χ0n) is 11.8. The van der Waals surface area contributed by atoms with Crippen LogP contribution in [-0.2, 0) is 0 Å². The molecule has 0 amide bonds. The van der Waals surface area contributed by atoms with Gasteiger partial charge in [0.1, 0.15) is 11.4 Å². The number of methoxy groups -OCH3 is 1. The number of ether oxygens (including phenoxy) is 1. The summed E-state index contributed by atoms with van der Waals surface area (Å²) in [5, 5.41) is 0. The van der Waals surface area contributed by atoms with Gasteiger partial charge in [-0.2, -0.15) is 0 Å². The Hall–Kier alpha value is -1.13. The first-order chi connectivity index (χ1) is 8.37. The number of aromatic nitrogens is 1. The van der Waals surface area contributed by atoms with Crippen LogP contribution >= 0.6 is 0 Å². The Bertz CT molecular complexity index is 428. The van der Waals surface area contributed by atoms with Crippen LogP contribution in [0.2, 0.25) is 0 Å². The maximum absolute atomic E-state index is 5.77. The second-order valence-electron chi connectivity index (χ2n) is 6.16. The average Bonchev–Trinajstić information content (AvgIpc) is 2.74. The third kappa shape index (κ3) is 1.71. The number of nitrogens with zero attached hydrogens (tertiary/aromatic N) is 1. The van der Waals surface area contributed by atoms with E-state index >= 15 is 0 Å². The van der Waals surface area contributed by atoms with Crippen LogP contribution in [-0.4, -0.2) is 12.1 Å². The number of nitrogens with one attached hydrogen (secondary N) is 1. The van der Waals surface area contributed by atoms with Crippen LogP contribution in [0.1, 0.15) is 39.4 Å². The number of pyridine rings is 1. The molecule has 0 saturated heterocycles. The number of hydrogen-bond donors (Lipinski definition) is 2. The fourth-order valence-corrected chi connectivity index (χ4v) is 3.22. The molecular weight excluding hydrogens is 226 g/mol. The maximum atomic E-state index is 5.77. The van der Waals surface area contributed by atoms with Gasteiger partial charge in [-0.1, -0.05) is 27.7 Å². The van der Waals surface area contributed by atoms with Crippen LogP contribution in [0.4, 0.5) is 0 Å². The van der Waals surface area contributed by atoms with Gasteiger partial charge in [-0.15, -0.1) is 0 Å². The van der Waals surface area contributed by atoms with Gasteiger partial charge in [-0.05, 0) is 28.9 Å². The van der Waals surface area contributed by atoms with E-state index in [9.17, 15) is 0 Å². The van der Waals surface area contributed by atoms with Crippen molar-refractivity contribution in [1.82, 2.24) is 10.4 Å².